The molecule has 0 bridgehead atoms. The molecule has 0 aliphatic carbocycles. The zero-order valence-electron chi connectivity index (χ0n) is 16.1. The van der Waals surface area contributed by atoms with Crippen LogP contribution in [0.4, 0.5) is 4.39 Å². The van der Waals surface area contributed by atoms with Crippen molar-refractivity contribution in [2.45, 2.75) is 39.8 Å². The number of aryl methyl sites for hydroxylation is 1. The summed E-state index contributed by atoms with van der Waals surface area (Å²) in [6.45, 7) is 8.05. The van der Waals surface area contributed by atoms with Crippen molar-refractivity contribution in [2.75, 3.05) is 0 Å². The number of rotatable bonds is 4. The van der Waals surface area contributed by atoms with Gasteiger partial charge in [-0.3, -0.25) is 0 Å². The van der Waals surface area contributed by atoms with Crippen molar-refractivity contribution < 1.29 is 13.9 Å². The van der Waals surface area contributed by atoms with Gasteiger partial charge in [-0.25, -0.2) is 9.18 Å². The molecule has 3 aromatic rings. The molecule has 0 aliphatic heterocycles. The molecule has 3 rings (SSSR count). The first-order valence-electron chi connectivity index (χ1n) is 8.97. The third kappa shape index (κ3) is 4.45. The molecule has 4 heteroatoms. The van der Waals surface area contributed by atoms with E-state index in [1.165, 1.54) is 12.1 Å². The summed E-state index contributed by atoms with van der Waals surface area (Å²) < 4.78 is 21.0. The standard InChI is InChI=1S/C23H24FNO2/c1-16-14-25(15-17-8-6-5-7-9-17)21(22(26)27-23(2,3)4)20(16)18-10-12-19(24)13-11-18/h5-14H,15H2,1-4H3. The number of halogens is 1. The zero-order valence-corrected chi connectivity index (χ0v) is 16.1. The van der Waals surface area contributed by atoms with E-state index < -0.39 is 5.60 Å². The monoisotopic (exact) mass is 365 g/mol. The lowest BCUT2D eigenvalue weighted by atomic mass is 10.0. The molecule has 2 aromatic carbocycles. The Hall–Kier alpha value is -2.88. The van der Waals surface area contributed by atoms with Crippen LogP contribution >= 0.6 is 0 Å². The molecule has 0 aliphatic rings. The fraction of sp³-hybridized carbons (Fsp3) is 0.261. The van der Waals surface area contributed by atoms with E-state index in [1.807, 2.05) is 68.8 Å². The van der Waals surface area contributed by atoms with Gasteiger partial charge in [-0.2, -0.15) is 0 Å². The smallest absolute Gasteiger partial charge is 0.356 e. The van der Waals surface area contributed by atoms with E-state index in [0.29, 0.717) is 12.2 Å². The van der Waals surface area contributed by atoms with Crippen LogP contribution in [0.5, 0.6) is 0 Å². The molecule has 0 saturated heterocycles. The quantitative estimate of drug-likeness (QED) is 0.563. The minimum atomic E-state index is -0.604. The van der Waals surface area contributed by atoms with E-state index in [0.717, 1.165) is 22.3 Å². The van der Waals surface area contributed by atoms with Crippen LogP contribution in [-0.4, -0.2) is 16.1 Å². The van der Waals surface area contributed by atoms with Gasteiger partial charge in [0, 0.05) is 18.3 Å². The summed E-state index contributed by atoms with van der Waals surface area (Å²) in [4.78, 5) is 13.0. The summed E-state index contributed by atoms with van der Waals surface area (Å²) >= 11 is 0. The fourth-order valence-electron chi connectivity index (χ4n) is 3.12. The van der Waals surface area contributed by atoms with Gasteiger partial charge < -0.3 is 9.30 Å². The van der Waals surface area contributed by atoms with Crippen molar-refractivity contribution in [3.63, 3.8) is 0 Å². The molecule has 3 nitrogen and oxygen atoms in total. The number of aromatic nitrogens is 1. The average molecular weight is 365 g/mol. The van der Waals surface area contributed by atoms with Gasteiger partial charge in [0.25, 0.3) is 0 Å². The van der Waals surface area contributed by atoms with E-state index in [4.69, 9.17) is 4.74 Å². The molecular weight excluding hydrogens is 341 g/mol. The van der Waals surface area contributed by atoms with Gasteiger partial charge in [0.1, 0.15) is 17.1 Å². The Bertz CT molecular complexity index is 935. The SMILES string of the molecule is Cc1cn(Cc2ccccc2)c(C(=O)OC(C)(C)C)c1-c1ccc(F)cc1. The molecule has 1 aromatic heterocycles. The maximum atomic E-state index is 13.4. The molecule has 1 heterocycles. The van der Waals surface area contributed by atoms with Crippen LogP contribution in [0.1, 0.15) is 42.4 Å². The van der Waals surface area contributed by atoms with Gasteiger partial charge in [0.05, 0.1) is 0 Å². The maximum Gasteiger partial charge on any atom is 0.356 e. The highest BCUT2D eigenvalue weighted by Crippen LogP contribution is 2.31. The lowest BCUT2D eigenvalue weighted by Gasteiger charge is -2.21. The predicted molar refractivity (Wildman–Crippen MR) is 105 cm³/mol. The number of carbonyl (C=O) groups is 1. The second-order valence-electron chi connectivity index (χ2n) is 7.66. The molecule has 0 spiro atoms. The van der Waals surface area contributed by atoms with Crippen molar-refractivity contribution in [2.24, 2.45) is 0 Å². The van der Waals surface area contributed by atoms with Gasteiger partial charge in [0.2, 0.25) is 0 Å². The summed E-state index contributed by atoms with van der Waals surface area (Å²) in [6, 6.07) is 16.1. The zero-order chi connectivity index (χ0) is 19.6. The first-order chi connectivity index (χ1) is 12.7. The molecule has 0 saturated carbocycles. The van der Waals surface area contributed by atoms with Gasteiger partial charge >= 0.3 is 5.97 Å². The Morgan fingerprint density at radius 3 is 2.26 bits per heavy atom. The fourth-order valence-corrected chi connectivity index (χ4v) is 3.12. The normalized spacial score (nSPS) is 11.4. The maximum absolute atomic E-state index is 13.4. The Labute approximate surface area is 159 Å². The summed E-state index contributed by atoms with van der Waals surface area (Å²) in [6.07, 6.45) is 1.95. The van der Waals surface area contributed by atoms with Crippen LogP contribution in [0.2, 0.25) is 0 Å². The van der Waals surface area contributed by atoms with E-state index in [-0.39, 0.29) is 11.8 Å². The minimum absolute atomic E-state index is 0.307. The average Bonchev–Trinajstić information content (AvgIpc) is 2.91. The van der Waals surface area contributed by atoms with E-state index in [9.17, 15) is 9.18 Å². The van der Waals surface area contributed by atoms with E-state index in [1.54, 1.807) is 12.1 Å². The number of ether oxygens (including phenoxy) is 1. The van der Waals surface area contributed by atoms with E-state index in [2.05, 4.69) is 0 Å². The lowest BCUT2D eigenvalue weighted by molar-refractivity contribution is 0.00592. The minimum Gasteiger partial charge on any atom is -0.455 e. The molecule has 0 fully saturated rings. The molecule has 0 N–H and O–H groups in total. The Morgan fingerprint density at radius 2 is 1.67 bits per heavy atom. The summed E-state index contributed by atoms with van der Waals surface area (Å²) in [7, 11) is 0. The largest absolute Gasteiger partial charge is 0.455 e. The first-order valence-corrected chi connectivity index (χ1v) is 8.97. The van der Waals surface area contributed by atoms with Crippen molar-refractivity contribution in [1.29, 1.82) is 0 Å². The Kier molecular flexibility index (Phi) is 5.17. The van der Waals surface area contributed by atoms with Gasteiger partial charge in [0.15, 0.2) is 0 Å². The highest BCUT2D eigenvalue weighted by atomic mass is 19.1. The number of hydrogen-bond donors (Lipinski definition) is 0. The van der Waals surface area contributed by atoms with Crippen molar-refractivity contribution in [1.82, 2.24) is 4.57 Å². The number of nitrogens with zero attached hydrogens (tertiary/aromatic N) is 1. The molecular formula is C23H24FNO2. The lowest BCUT2D eigenvalue weighted by Crippen LogP contribution is -2.26. The van der Waals surface area contributed by atoms with Crippen molar-refractivity contribution >= 4 is 5.97 Å². The van der Waals surface area contributed by atoms with Crippen molar-refractivity contribution in [3.05, 3.63) is 83.4 Å². The molecule has 27 heavy (non-hydrogen) atoms. The number of esters is 1. The topological polar surface area (TPSA) is 31.2 Å². The van der Waals surface area contributed by atoms with Crippen LogP contribution in [0, 0.1) is 12.7 Å². The van der Waals surface area contributed by atoms with Crippen molar-refractivity contribution in [3.8, 4) is 11.1 Å². The molecule has 140 valence electrons. The Balaban J connectivity index is 2.11. The van der Waals surface area contributed by atoms with Crippen LogP contribution in [0.25, 0.3) is 11.1 Å². The van der Waals surface area contributed by atoms with Crippen LogP contribution in [0.15, 0.2) is 60.8 Å². The first kappa shape index (κ1) is 18.9. The number of benzene rings is 2. The highest BCUT2D eigenvalue weighted by molar-refractivity contribution is 5.97. The third-order valence-electron chi connectivity index (χ3n) is 4.19. The van der Waals surface area contributed by atoms with Crippen LogP contribution in [0.3, 0.4) is 0 Å². The summed E-state index contributed by atoms with van der Waals surface area (Å²) in [5.74, 6) is -0.690. The number of carbonyl (C=O) groups excluding carboxylic acids is 1. The molecule has 0 unspecified atom stereocenters. The molecule has 0 atom stereocenters. The molecule has 0 radical (unpaired) electrons. The third-order valence-corrected chi connectivity index (χ3v) is 4.19. The van der Waals surface area contributed by atoms with Crippen LogP contribution in [-0.2, 0) is 11.3 Å². The van der Waals surface area contributed by atoms with Gasteiger partial charge in [-0.05, 0) is 56.5 Å². The van der Waals surface area contributed by atoms with Gasteiger partial charge in [-0.1, -0.05) is 42.5 Å². The second kappa shape index (κ2) is 7.39. The van der Waals surface area contributed by atoms with E-state index >= 15 is 0 Å². The Morgan fingerprint density at radius 1 is 1.04 bits per heavy atom. The summed E-state index contributed by atoms with van der Waals surface area (Å²) in [5.41, 5.74) is 3.48. The summed E-state index contributed by atoms with van der Waals surface area (Å²) in [5, 5.41) is 0. The van der Waals surface area contributed by atoms with Gasteiger partial charge in [-0.15, -0.1) is 0 Å². The number of hydrogen-bond acceptors (Lipinski definition) is 2. The van der Waals surface area contributed by atoms with Crippen LogP contribution < -0.4 is 0 Å². The molecule has 0 amide bonds. The highest BCUT2D eigenvalue weighted by Gasteiger charge is 2.26. The second-order valence-corrected chi connectivity index (χ2v) is 7.66. The predicted octanol–water partition coefficient (Wildman–Crippen LogP) is 5.61.